The van der Waals surface area contributed by atoms with Gasteiger partial charge in [-0.05, 0) is 156 Å². The zero-order valence-corrected chi connectivity index (χ0v) is 45.1. The van der Waals surface area contributed by atoms with E-state index >= 15 is 0 Å². The number of nitrogens with zero attached hydrogens (tertiary/aromatic N) is 1. The van der Waals surface area contributed by atoms with E-state index in [0.717, 1.165) is 80.7 Å². The number of halogens is 6. The molecule has 26 heteroatoms. The molecule has 2 fully saturated rings. The molecule has 17 nitrogen and oxygen atoms in total. The number of carbonyl (C=O) groups is 4. The van der Waals surface area contributed by atoms with Crippen LogP contribution in [0.5, 0.6) is 0 Å². The first kappa shape index (κ1) is 61.5. The maximum Gasteiger partial charge on any atom is 0.407 e. The lowest BCUT2D eigenvalue weighted by Gasteiger charge is -2.29. The van der Waals surface area contributed by atoms with Gasteiger partial charge < -0.3 is 31.2 Å². The van der Waals surface area contributed by atoms with E-state index in [0.29, 0.717) is 49.4 Å². The van der Waals surface area contributed by atoms with Gasteiger partial charge in [-0.15, -0.1) is 0 Å². The maximum atomic E-state index is 14.0. The number of esters is 1. The number of nitrogens with two attached hydrogens (primary N) is 1. The molecule has 6 rings (SSSR count). The fourth-order valence-electron chi connectivity index (χ4n) is 7.71. The summed E-state index contributed by atoms with van der Waals surface area (Å²) < 4.78 is 111. The smallest absolute Gasteiger partial charge is 0.407 e. The summed E-state index contributed by atoms with van der Waals surface area (Å²) >= 11 is 16.5. The first-order chi connectivity index (χ1) is 35.2. The molecule has 0 radical (unpaired) electrons. The molecule has 0 saturated heterocycles. The minimum absolute atomic E-state index is 0.00544. The fourth-order valence-corrected chi connectivity index (χ4v) is 9.94. The highest BCUT2D eigenvalue weighted by Gasteiger charge is 2.26. The highest BCUT2D eigenvalue weighted by molar-refractivity contribution is 7.91. The van der Waals surface area contributed by atoms with Gasteiger partial charge in [0, 0.05) is 63.6 Å². The number of guanidine groups is 1. The van der Waals surface area contributed by atoms with Crippen molar-refractivity contribution in [1.29, 1.82) is 0 Å². The molecule has 4 aromatic carbocycles. The Balaban J connectivity index is 0.000000283. The zero-order chi connectivity index (χ0) is 55.6. The summed E-state index contributed by atoms with van der Waals surface area (Å²) in [5, 5.41) is 14.3. The minimum Gasteiger partial charge on any atom is -0.466 e. The highest BCUT2D eigenvalue weighted by Crippen LogP contribution is 2.28. The lowest BCUT2D eigenvalue weighted by molar-refractivity contribution is -0.144. The highest BCUT2D eigenvalue weighted by atomic mass is 35.5. The van der Waals surface area contributed by atoms with Gasteiger partial charge >= 0.3 is 12.1 Å². The van der Waals surface area contributed by atoms with E-state index in [2.05, 4.69) is 31.6 Å². The molecule has 0 bridgehead atoms. The van der Waals surface area contributed by atoms with Crippen molar-refractivity contribution in [3.63, 3.8) is 0 Å². The molecule has 0 spiro atoms. The number of alkyl carbamates (subject to hydrolysis) is 1. The molecule has 3 amide bonds. The van der Waals surface area contributed by atoms with Crippen LogP contribution in [0.3, 0.4) is 0 Å². The van der Waals surface area contributed by atoms with Gasteiger partial charge in [0.15, 0.2) is 24.8 Å². The van der Waals surface area contributed by atoms with Gasteiger partial charge in [-0.2, -0.15) is 0 Å². The summed E-state index contributed by atoms with van der Waals surface area (Å²) in [7, 11) is -7.71. The molecule has 2 aliphatic rings. The first-order valence-corrected chi connectivity index (χ1v) is 28.2. The van der Waals surface area contributed by atoms with Crippen molar-refractivity contribution in [2.75, 3.05) is 36.8 Å². The van der Waals surface area contributed by atoms with E-state index in [-0.39, 0.29) is 69.5 Å². The van der Waals surface area contributed by atoms with Crippen molar-refractivity contribution in [2.24, 2.45) is 10.9 Å². The summed E-state index contributed by atoms with van der Waals surface area (Å²) in [6.07, 6.45) is 7.34. The Bertz CT molecular complexity index is 2890. The summed E-state index contributed by atoms with van der Waals surface area (Å²) in [6, 6.07) is 13.5. The molecule has 0 aliphatic heterocycles. The van der Waals surface area contributed by atoms with Crippen molar-refractivity contribution >= 4 is 101 Å². The Morgan fingerprint density at radius 1 is 0.667 bits per heavy atom. The van der Waals surface area contributed by atoms with Crippen molar-refractivity contribution in [2.45, 2.75) is 99.6 Å². The number of ether oxygens (including phenoxy) is 2. The van der Waals surface area contributed by atoms with Gasteiger partial charge in [-0.1, -0.05) is 23.2 Å². The van der Waals surface area contributed by atoms with Gasteiger partial charge in [0.25, 0.3) is 11.8 Å². The molecule has 75 heavy (non-hydrogen) atoms. The van der Waals surface area contributed by atoms with Gasteiger partial charge in [-0.25, -0.2) is 44.2 Å². The number of anilines is 2. The number of hydrogen-bond acceptors (Lipinski definition) is 13. The number of hydrogen-bond donors (Lipinski definition) is 6. The minimum atomic E-state index is -3.91. The largest absolute Gasteiger partial charge is 0.466 e. The summed E-state index contributed by atoms with van der Waals surface area (Å²) in [5.74, 6) is -4.21. The van der Waals surface area contributed by atoms with Crippen LogP contribution in [-0.2, 0) is 33.9 Å². The summed E-state index contributed by atoms with van der Waals surface area (Å²) in [4.78, 5) is 51.9. The molecule has 4 aromatic rings. The molecule has 0 atom stereocenters. The predicted molar refractivity (Wildman–Crippen MR) is 281 cm³/mol. The van der Waals surface area contributed by atoms with E-state index in [1.165, 1.54) is 30.3 Å². The van der Waals surface area contributed by atoms with Crippen LogP contribution >= 0.6 is 35.4 Å². The Morgan fingerprint density at radius 3 is 1.65 bits per heavy atom. The van der Waals surface area contributed by atoms with Gasteiger partial charge in [0.2, 0.25) is 5.96 Å². The lowest BCUT2D eigenvalue weighted by atomic mass is 9.84. The van der Waals surface area contributed by atoms with E-state index in [1.807, 2.05) is 0 Å². The molecule has 0 unspecified atom stereocenters. The molecule has 7 N–H and O–H groups in total. The number of amides is 3. The number of nitrogen functional groups attached to an aromatic ring is 1. The molecular formula is C49H57Cl2F4N7O10S3. The molecule has 408 valence electrons. The van der Waals surface area contributed by atoms with Crippen molar-refractivity contribution in [1.82, 2.24) is 21.3 Å². The number of thiocarbonyl (C=S) groups is 1. The van der Waals surface area contributed by atoms with Crippen LogP contribution in [0.25, 0.3) is 0 Å². The molecule has 2 saturated carbocycles. The van der Waals surface area contributed by atoms with Crippen molar-refractivity contribution < 1.29 is 63.0 Å². The lowest BCUT2D eigenvalue weighted by Crippen LogP contribution is -2.45. The Labute approximate surface area is 447 Å². The van der Waals surface area contributed by atoms with Crippen LogP contribution in [-0.4, -0.2) is 95.6 Å². The van der Waals surface area contributed by atoms with E-state index in [4.69, 9.17) is 50.6 Å². The van der Waals surface area contributed by atoms with Crippen LogP contribution in [0.2, 0.25) is 10.0 Å². The summed E-state index contributed by atoms with van der Waals surface area (Å²) in [5.41, 5.74) is 5.68. The summed E-state index contributed by atoms with van der Waals surface area (Å²) in [6.45, 7) is 4.14. The van der Waals surface area contributed by atoms with Gasteiger partial charge in [0.1, 0.15) is 33.1 Å². The first-order valence-electron chi connectivity index (χ1n) is 23.3. The van der Waals surface area contributed by atoms with E-state index in [1.54, 1.807) is 13.8 Å². The van der Waals surface area contributed by atoms with E-state index < -0.39 is 70.6 Å². The molecule has 2 aliphatic carbocycles. The second-order valence-corrected chi connectivity index (χ2v) is 22.5. The zero-order valence-electron chi connectivity index (χ0n) is 41.1. The Hall–Kier alpha value is -6.08. The number of aliphatic imine (C=N–C) groups is 1. The van der Waals surface area contributed by atoms with E-state index in [9.17, 15) is 53.6 Å². The Kier molecular flexibility index (Phi) is 23.5. The third-order valence-electron chi connectivity index (χ3n) is 11.2. The van der Waals surface area contributed by atoms with Gasteiger partial charge in [0.05, 0.1) is 19.3 Å². The van der Waals surface area contributed by atoms with Crippen molar-refractivity contribution in [3.05, 3.63) is 117 Å². The Morgan fingerprint density at radius 2 is 1.16 bits per heavy atom. The monoisotopic (exact) mass is 1150 g/mol. The second kappa shape index (κ2) is 28.7. The normalized spacial score (nSPS) is 17.5. The second-order valence-electron chi connectivity index (χ2n) is 17.3. The fraction of sp³-hybridized carbons (Fsp3) is 0.388. The third kappa shape index (κ3) is 21.2. The van der Waals surface area contributed by atoms with Crippen LogP contribution in [0.15, 0.2) is 87.6 Å². The standard InChI is InChI=1S/C24H27ClF2N4O5S.C19H25FN2O5S2.C6H5ClFN/c1-3-36-24(33)30-18-7-5-17(6-8-18)28-23(29-19-12-15(25)11-16(26)13-19)31-22(32)14-4-9-20(27)21(10-14)37(2,34)35;1-3-27-17(23)10-12-4-7-14(8-5-12)21-19(28)22-18(24)13-6-9-15(20)16(11-13)29(2,25)26;7-4-1-5(8)3-6(9)2-4/h4,9-13,17-18H,3,5-8H2,1-2H3,(H,30,33)(H2,28,29,31,32);6,9,11-12,14H,3-5,7-8,10H2,1-2H3,(H2,21,22,24,28);1-3H,9H2. The quantitative estimate of drug-likeness (QED) is 0.0194. The average Bonchev–Trinajstić information content (AvgIpc) is 3.29. The third-order valence-corrected chi connectivity index (χ3v) is 14.1. The predicted octanol–water partition coefficient (Wildman–Crippen LogP) is 8.68. The average molecular weight is 1150 g/mol. The number of nitrogens with one attached hydrogen (secondary N) is 5. The number of sulfone groups is 2. The topological polar surface area (TPSA) is 254 Å². The van der Waals surface area contributed by atoms with Crippen LogP contribution < -0.4 is 32.3 Å². The van der Waals surface area contributed by atoms with Crippen LogP contribution in [0, 0.1) is 29.2 Å². The van der Waals surface area contributed by atoms with Crippen LogP contribution in [0.4, 0.5) is 33.7 Å². The molecular weight excluding hydrogens is 1090 g/mol. The van der Waals surface area contributed by atoms with Gasteiger partial charge in [-0.3, -0.25) is 25.0 Å². The molecule has 0 heterocycles. The maximum absolute atomic E-state index is 14.0. The number of benzene rings is 4. The van der Waals surface area contributed by atoms with Crippen LogP contribution in [0.1, 0.15) is 92.4 Å². The number of rotatable bonds is 12. The van der Waals surface area contributed by atoms with Crippen molar-refractivity contribution in [3.8, 4) is 0 Å². The molecule has 0 aromatic heterocycles. The SMILES string of the molecule is CCOC(=O)CC1CCC(NC(=S)NC(=O)c2ccc(F)c(S(C)(=O)=O)c2)CC1.CCOC(=O)NC1CCC(N=C(NC(=O)c2ccc(F)c(S(C)(=O)=O)c2)Nc2cc(F)cc(Cl)c2)CC1.Nc1cc(F)cc(Cl)c1. The number of carbonyl (C=O) groups excluding carboxylic acids is 4.